The van der Waals surface area contributed by atoms with Crippen LogP contribution in [0.1, 0.15) is 19.8 Å². The maximum absolute atomic E-state index is 13.5. The number of anilines is 1. The number of halogens is 1. The van der Waals surface area contributed by atoms with Crippen molar-refractivity contribution in [2.24, 2.45) is 5.92 Å². The van der Waals surface area contributed by atoms with E-state index in [0.29, 0.717) is 22.9 Å². The lowest BCUT2D eigenvalue weighted by atomic mass is 9.98. The topological polar surface area (TPSA) is 59.5 Å². The molecule has 7 heteroatoms. The van der Waals surface area contributed by atoms with E-state index in [1.54, 1.807) is 7.11 Å². The second kappa shape index (κ2) is 7.63. The molecule has 1 aliphatic heterocycles. The molecule has 0 bridgehead atoms. The molecule has 1 aliphatic rings. The van der Waals surface area contributed by atoms with E-state index >= 15 is 0 Å². The lowest BCUT2D eigenvalue weighted by Crippen LogP contribution is -2.34. The first-order valence-corrected chi connectivity index (χ1v) is 11.1. The average Bonchev–Trinajstić information content (AvgIpc) is 2.73. The van der Waals surface area contributed by atoms with Gasteiger partial charge in [-0.3, -0.25) is 4.98 Å². The fourth-order valence-corrected chi connectivity index (χ4v) is 5.20. The molecule has 2 aromatic carbocycles. The van der Waals surface area contributed by atoms with Gasteiger partial charge in [-0.1, -0.05) is 6.92 Å². The molecule has 2 heterocycles. The predicted octanol–water partition coefficient (Wildman–Crippen LogP) is 4.45. The smallest absolute Gasteiger partial charge is 0.210 e. The number of piperidine rings is 1. The lowest BCUT2D eigenvalue weighted by Gasteiger charge is -2.34. The summed E-state index contributed by atoms with van der Waals surface area (Å²) in [5.74, 6) is 0.767. The highest BCUT2D eigenvalue weighted by Crippen LogP contribution is 2.38. The summed E-state index contributed by atoms with van der Waals surface area (Å²) in [4.78, 5) is 6.71. The molecular formula is C22H23FN2O3S. The molecule has 0 radical (unpaired) electrons. The Balaban J connectivity index is 1.95. The normalized spacial score (nSPS) is 15.6. The molecule has 0 N–H and O–H groups in total. The van der Waals surface area contributed by atoms with Gasteiger partial charge in [-0.2, -0.15) is 0 Å². The van der Waals surface area contributed by atoms with E-state index in [-0.39, 0.29) is 9.79 Å². The van der Waals surface area contributed by atoms with Crippen molar-refractivity contribution < 1.29 is 17.5 Å². The SMILES string of the molecule is COc1ccc2ncc(S(=O)(=O)c3ccc(F)cc3)c(N3CCC(C)CC3)c2c1. The quantitative estimate of drug-likeness (QED) is 0.590. The zero-order valence-electron chi connectivity index (χ0n) is 16.4. The van der Waals surface area contributed by atoms with Crippen LogP contribution >= 0.6 is 0 Å². The number of hydrogen-bond donors (Lipinski definition) is 0. The number of benzene rings is 2. The van der Waals surface area contributed by atoms with Gasteiger partial charge in [0, 0.05) is 24.7 Å². The highest BCUT2D eigenvalue weighted by Gasteiger charge is 2.28. The second-order valence-corrected chi connectivity index (χ2v) is 9.40. The maximum Gasteiger partial charge on any atom is 0.210 e. The maximum atomic E-state index is 13.5. The first-order chi connectivity index (χ1) is 13.9. The molecule has 0 unspecified atom stereocenters. The van der Waals surface area contributed by atoms with Crippen molar-refractivity contribution >= 4 is 26.4 Å². The van der Waals surface area contributed by atoms with E-state index in [9.17, 15) is 12.8 Å². The molecular weight excluding hydrogens is 391 g/mol. The van der Waals surface area contributed by atoms with E-state index in [2.05, 4.69) is 16.8 Å². The van der Waals surface area contributed by atoms with Gasteiger partial charge in [0.15, 0.2) is 0 Å². The Morgan fingerprint density at radius 1 is 1.10 bits per heavy atom. The van der Waals surface area contributed by atoms with E-state index in [4.69, 9.17) is 4.74 Å². The minimum Gasteiger partial charge on any atom is -0.497 e. The Morgan fingerprint density at radius 3 is 2.45 bits per heavy atom. The van der Waals surface area contributed by atoms with Crippen LogP contribution in [0.5, 0.6) is 5.75 Å². The van der Waals surface area contributed by atoms with Crippen LogP contribution in [0.2, 0.25) is 0 Å². The zero-order chi connectivity index (χ0) is 20.6. The second-order valence-electron chi connectivity index (χ2n) is 7.48. The molecule has 152 valence electrons. The van der Waals surface area contributed by atoms with Crippen LogP contribution in [0.4, 0.5) is 10.1 Å². The summed E-state index contributed by atoms with van der Waals surface area (Å²) in [7, 11) is -2.29. The Morgan fingerprint density at radius 2 is 1.79 bits per heavy atom. The van der Waals surface area contributed by atoms with Crippen LogP contribution in [0, 0.1) is 11.7 Å². The summed E-state index contributed by atoms with van der Waals surface area (Å²) in [6.07, 6.45) is 3.40. The van der Waals surface area contributed by atoms with Gasteiger partial charge in [0.05, 0.1) is 23.2 Å². The Kier molecular flexibility index (Phi) is 5.17. The molecule has 0 amide bonds. The molecule has 5 nitrogen and oxygen atoms in total. The number of rotatable bonds is 4. The molecule has 1 saturated heterocycles. The molecule has 29 heavy (non-hydrogen) atoms. The Bertz CT molecular complexity index is 1140. The number of fused-ring (bicyclic) bond motifs is 1. The standard InChI is InChI=1S/C22H23FN2O3S/c1-15-9-11-25(12-10-15)22-19-13-17(28-2)5-8-20(19)24-14-21(22)29(26,27)18-6-3-16(23)4-7-18/h3-8,13-15H,9-12H2,1-2H3. The summed E-state index contributed by atoms with van der Waals surface area (Å²) in [6, 6.07) is 10.4. The van der Waals surface area contributed by atoms with Gasteiger partial charge >= 0.3 is 0 Å². The fourth-order valence-electron chi connectivity index (χ4n) is 3.76. The van der Waals surface area contributed by atoms with Crippen molar-refractivity contribution in [2.75, 3.05) is 25.1 Å². The third-order valence-electron chi connectivity index (χ3n) is 5.53. The first-order valence-electron chi connectivity index (χ1n) is 9.62. The van der Waals surface area contributed by atoms with Crippen molar-refractivity contribution in [1.82, 2.24) is 4.98 Å². The Labute approximate surface area is 170 Å². The predicted molar refractivity (Wildman–Crippen MR) is 111 cm³/mol. The number of methoxy groups -OCH3 is 1. The van der Waals surface area contributed by atoms with Gasteiger partial charge in [0.1, 0.15) is 16.5 Å². The zero-order valence-corrected chi connectivity index (χ0v) is 17.2. The molecule has 0 spiro atoms. The number of aromatic nitrogens is 1. The van der Waals surface area contributed by atoms with E-state index < -0.39 is 15.7 Å². The van der Waals surface area contributed by atoms with Gasteiger partial charge in [0.25, 0.3) is 0 Å². The van der Waals surface area contributed by atoms with Gasteiger partial charge in [-0.15, -0.1) is 0 Å². The van der Waals surface area contributed by atoms with Crippen molar-refractivity contribution in [1.29, 1.82) is 0 Å². The number of sulfone groups is 1. The van der Waals surface area contributed by atoms with Gasteiger partial charge in [-0.25, -0.2) is 12.8 Å². The highest BCUT2D eigenvalue weighted by atomic mass is 32.2. The number of hydrogen-bond acceptors (Lipinski definition) is 5. The van der Waals surface area contributed by atoms with Crippen molar-refractivity contribution in [3.8, 4) is 5.75 Å². The number of nitrogens with zero attached hydrogens (tertiary/aromatic N) is 2. The summed E-state index contributed by atoms with van der Waals surface area (Å²) in [6.45, 7) is 3.74. The van der Waals surface area contributed by atoms with Crippen LogP contribution in [0.25, 0.3) is 10.9 Å². The van der Waals surface area contributed by atoms with E-state index in [1.807, 2.05) is 18.2 Å². The average molecular weight is 415 g/mol. The van der Waals surface area contributed by atoms with Crippen LogP contribution in [-0.4, -0.2) is 33.6 Å². The van der Waals surface area contributed by atoms with Crippen LogP contribution < -0.4 is 9.64 Å². The Hall–Kier alpha value is -2.67. The van der Waals surface area contributed by atoms with E-state index in [1.165, 1.54) is 18.3 Å². The molecule has 1 fully saturated rings. The molecule has 0 atom stereocenters. The van der Waals surface area contributed by atoms with Crippen LogP contribution in [0.15, 0.2) is 58.5 Å². The third-order valence-corrected chi connectivity index (χ3v) is 7.30. The highest BCUT2D eigenvalue weighted by molar-refractivity contribution is 7.91. The lowest BCUT2D eigenvalue weighted by molar-refractivity contribution is 0.415. The summed E-state index contributed by atoms with van der Waals surface area (Å²) in [5, 5.41) is 0.738. The van der Waals surface area contributed by atoms with Gasteiger partial charge in [-0.05, 0) is 61.2 Å². The van der Waals surface area contributed by atoms with Crippen LogP contribution in [0.3, 0.4) is 0 Å². The minimum atomic E-state index is -3.87. The molecule has 3 aromatic rings. The molecule has 0 aliphatic carbocycles. The monoisotopic (exact) mass is 414 g/mol. The first kappa shape index (κ1) is 19.6. The van der Waals surface area contributed by atoms with Crippen molar-refractivity contribution in [3.63, 3.8) is 0 Å². The largest absolute Gasteiger partial charge is 0.497 e. The fraction of sp³-hybridized carbons (Fsp3) is 0.318. The van der Waals surface area contributed by atoms with Crippen molar-refractivity contribution in [2.45, 2.75) is 29.6 Å². The molecule has 4 rings (SSSR count). The molecule has 1 aromatic heterocycles. The molecule has 0 saturated carbocycles. The van der Waals surface area contributed by atoms with Gasteiger partial charge in [0.2, 0.25) is 9.84 Å². The number of pyridine rings is 1. The van der Waals surface area contributed by atoms with E-state index in [0.717, 1.165) is 43.5 Å². The third kappa shape index (κ3) is 3.67. The summed E-state index contributed by atoms with van der Waals surface area (Å²) < 4.78 is 45.6. The number of ether oxygens (including phenoxy) is 1. The van der Waals surface area contributed by atoms with Gasteiger partial charge < -0.3 is 9.64 Å². The summed E-state index contributed by atoms with van der Waals surface area (Å²) in [5.41, 5.74) is 1.35. The minimum absolute atomic E-state index is 0.0505. The van der Waals surface area contributed by atoms with Crippen molar-refractivity contribution in [3.05, 3.63) is 54.5 Å². The summed E-state index contributed by atoms with van der Waals surface area (Å²) >= 11 is 0. The van der Waals surface area contributed by atoms with Crippen LogP contribution in [-0.2, 0) is 9.84 Å².